The van der Waals surface area contributed by atoms with Gasteiger partial charge in [0, 0.05) is 23.5 Å². The van der Waals surface area contributed by atoms with Crippen LogP contribution in [0.4, 0.5) is 10.1 Å². The minimum atomic E-state index is -0.588. The summed E-state index contributed by atoms with van der Waals surface area (Å²) in [4.78, 5) is 14.9. The van der Waals surface area contributed by atoms with Crippen molar-refractivity contribution in [3.63, 3.8) is 0 Å². The van der Waals surface area contributed by atoms with Crippen LogP contribution in [0, 0.1) is 16.6 Å². The third-order valence-corrected chi connectivity index (χ3v) is 7.10. The number of para-hydroxylation sites is 1. The summed E-state index contributed by atoms with van der Waals surface area (Å²) in [6.45, 7) is 8.62. The summed E-state index contributed by atoms with van der Waals surface area (Å²) in [6.07, 6.45) is 3.52. The van der Waals surface area contributed by atoms with E-state index in [4.69, 9.17) is 0 Å². The van der Waals surface area contributed by atoms with E-state index < -0.39 is 11.7 Å². The third-order valence-electron chi connectivity index (χ3n) is 7.10. The topological polar surface area (TPSA) is 70.2 Å². The Balaban J connectivity index is 1.46. The molecule has 2 heterocycles. The largest absolute Gasteiger partial charge is 0.493 e. The normalized spacial score (nSPS) is 24.7. The molecule has 2 aliphatic rings. The Bertz CT molecular complexity index is 1250. The van der Waals surface area contributed by atoms with Crippen LogP contribution in [0.5, 0.6) is 5.88 Å². The minimum absolute atomic E-state index is 0.00211. The van der Waals surface area contributed by atoms with Gasteiger partial charge in [0.05, 0.1) is 12.2 Å². The highest BCUT2D eigenvalue weighted by Gasteiger charge is 2.49. The molecule has 6 nitrogen and oxygen atoms in total. The van der Waals surface area contributed by atoms with E-state index in [2.05, 4.69) is 35.9 Å². The molecular formula is C26H29FN4O2. The Labute approximate surface area is 192 Å². The summed E-state index contributed by atoms with van der Waals surface area (Å²) < 4.78 is 15.0. The van der Waals surface area contributed by atoms with Gasteiger partial charge >= 0.3 is 0 Å². The Morgan fingerprint density at radius 2 is 1.85 bits per heavy atom. The van der Waals surface area contributed by atoms with Crippen LogP contribution in [0.3, 0.4) is 0 Å². The zero-order valence-corrected chi connectivity index (χ0v) is 19.3. The van der Waals surface area contributed by atoms with E-state index in [1.807, 2.05) is 28.8 Å². The number of carbonyl (C=O) groups is 1. The van der Waals surface area contributed by atoms with E-state index in [-0.39, 0.29) is 22.5 Å². The van der Waals surface area contributed by atoms with Gasteiger partial charge in [-0.1, -0.05) is 39.0 Å². The Morgan fingerprint density at radius 3 is 2.61 bits per heavy atom. The van der Waals surface area contributed by atoms with Crippen molar-refractivity contribution in [2.45, 2.75) is 52.7 Å². The molecule has 2 fully saturated rings. The fourth-order valence-corrected chi connectivity index (χ4v) is 6.18. The van der Waals surface area contributed by atoms with Crippen molar-refractivity contribution >= 4 is 22.5 Å². The fourth-order valence-electron chi connectivity index (χ4n) is 6.18. The predicted octanol–water partition coefficient (Wildman–Crippen LogP) is 6.27. The number of carbonyl (C=O) groups excluding carboxylic acids is 1. The van der Waals surface area contributed by atoms with E-state index >= 15 is 0 Å². The van der Waals surface area contributed by atoms with Crippen LogP contribution in [-0.2, 0) is 6.67 Å². The number of benzene rings is 2. The van der Waals surface area contributed by atoms with Crippen LogP contribution in [-0.4, -0.2) is 33.1 Å². The fraction of sp³-hybridized carbons (Fsp3) is 0.423. The maximum Gasteiger partial charge on any atom is 0.295 e. The molecule has 1 aliphatic carbocycles. The smallest absolute Gasteiger partial charge is 0.295 e. The number of nitrogens with zero attached hydrogens (tertiary/aromatic N) is 4. The summed E-state index contributed by atoms with van der Waals surface area (Å²) in [5, 5.41) is 19.8. The van der Waals surface area contributed by atoms with Gasteiger partial charge < -0.3 is 5.11 Å². The lowest BCUT2D eigenvalue weighted by Crippen LogP contribution is -2.35. The van der Waals surface area contributed by atoms with Crippen molar-refractivity contribution in [3.8, 4) is 5.88 Å². The first-order valence-corrected chi connectivity index (χ1v) is 11.4. The average Bonchev–Trinajstić information content (AvgIpc) is 3.15. The lowest BCUT2D eigenvalue weighted by molar-refractivity contribution is 0.0995. The van der Waals surface area contributed by atoms with Gasteiger partial charge in [-0.05, 0) is 60.4 Å². The highest BCUT2D eigenvalue weighted by Crippen LogP contribution is 2.53. The Kier molecular flexibility index (Phi) is 5.12. The van der Waals surface area contributed by atoms with Gasteiger partial charge in [-0.25, -0.2) is 4.39 Å². The summed E-state index contributed by atoms with van der Waals surface area (Å²) >= 11 is 0. The molecule has 0 spiro atoms. The van der Waals surface area contributed by atoms with Crippen molar-refractivity contribution in [3.05, 3.63) is 59.9 Å². The van der Waals surface area contributed by atoms with Crippen LogP contribution < -0.4 is 0 Å². The van der Waals surface area contributed by atoms with Crippen LogP contribution in [0.2, 0.25) is 0 Å². The Morgan fingerprint density at radius 1 is 1.12 bits per heavy atom. The van der Waals surface area contributed by atoms with Gasteiger partial charge in [0.25, 0.3) is 5.91 Å². The molecule has 1 N–H and O–H groups in total. The molecule has 1 aliphatic heterocycles. The van der Waals surface area contributed by atoms with Crippen LogP contribution in [0.25, 0.3) is 10.9 Å². The molecule has 7 heteroatoms. The van der Waals surface area contributed by atoms with Gasteiger partial charge in [0.15, 0.2) is 5.69 Å². The number of hydrogen-bond acceptors (Lipinski definition) is 4. The lowest BCUT2D eigenvalue weighted by Gasteiger charge is -2.40. The molecule has 1 amide bonds. The standard InChI is InChI=1S/C26H29FN4O2/c1-25(2)12-19-13-26(3,14-25)15-30(19)16-31-21-7-5-4-6-20(21)22(24(31)33)28-29-23(32)17-8-10-18(27)11-9-17/h4-11,19,33H,12-16H2,1-3H3/t19-,26-/m1/s1. The maximum atomic E-state index is 13.1. The predicted molar refractivity (Wildman–Crippen MR) is 125 cm³/mol. The zero-order chi connectivity index (χ0) is 23.4. The van der Waals surface area contributed by atoms with E-state index in [1.54, 1.807) is 0 Å². The van der Waals surface area contributed by atoms with E-state index in [1.165, 1.54) is 37.1 Å². The molecule has 1 saturated carbocycles. The quantitative estimate of drug-likeness (QED) is 0.478. The molecule has 3 aromatic rings. The first-order chi connectivity index (χ1) is 15.6. The van der Waals surface area contributed by atoms with E-state index in [0.29, 0.717) is 18.1 Å². The number of likely N-dealkylation sites (tertiary alicyclic amines) is 1. The first-order valence-electron chi connectivity index (χ1n) is 11.4. The van der Waals surface area contributed by atoms with E-state index in [0.717, 1.165) is 23.9 Å². The highest BCUT2D eigenvalue weighted by molar-refractivity contribution is 5.97. The van der Waals surface area contributed by atoms with Crippen molar-refractivity contribution in [1.29, 1.82) is 0 Å². The van der Waals surface area contributed by atoms with Gasteiger partial charge in [0.2, 0.25) is 5.88 Å². The second-order valence-corrected chi connectivity index (χ2v) is 10.7. The van der Waals surface area contributed by atoms with Crippen LogP contribution in [0.1, 0.15) is 50.4 Å². The van der Waals surface area contributed by atoms with Crippen LogP contribution >= 0.6 is 0 Å². The van der Waals surface area contributed by atoms with Crippen molar-refractivity contribution in [2.24, 2.45) is 21.1 Å². The molecule has 2 atom stereocenters. The van der Waals surface area contributed by atoms with E-state index in [9.17, 15) is 14.3 Å². The zero-order valence-electron chi connectivity index (χ0n) is 19.3. The number of halogens is 1. The summed E-state index contributed by atoms with van der Waals surface area (Å²) in [5.74, 6) is -1.01. The number of rotatable bonds is 4. The summed E-state index contributed by atoms with van der Waals surface area (Å²) in [7, 11) is 0. The third kappa shape index (κ3) is 4.06. The Hall–Kier alpha value is -3.06. The number of hydrogen-bond donors (Lipinski definition) is 1. The number of aromatic hydroxyl groups is 1. The van der Waals surface area contributed by atoms with Gasteiger partial charge in [0.1, 0.15) is 5.82 Å². The first kappa shape index (κ1) is 21.8. The highest BCUT2D eigenvalue weighted by atomic mass is 19.1. The molecule has 172 valence electrons. The molecule has 2 aromatic carbocycles. The second kappa shape index (κ2) is 7.76. The summed E-state index contributed by atoms with van der Waals surface area (Å²) in [5.41, 5.74) is 1.96. The number of azo groups is 1. The van der Waals surface area contributed by atoms with Gasteiger partial charge in [-0.2, -0.15) is 0 Å². The SMILES string of the molecule is CC1(C)C[C@@H]2C[C@@](C)(CN2Cn2c(O)c(N=NC(=O)c3ccc(F)cc3)c3ccccc32)C1. The second-order valence-electron chi connectivity index (χ2n) is 10.7. The average molecular weight is 449 g/mol. The molecule has 1 saturated heterocycles. The monoisotopic (exact) mass is 448 g/mol. The lowest BCUT2D eigenvalue weighted by atomic mass is 9.65. The molecule has 0 unspecified atom stereocenters. The van der Waals surface area contributed by atoms with Crippen molar-refractivity contribution in [1.82, 2.24) is 9.47 Å². The molecule has 2 bridgehead atoms. The number of aromatic nitrogens is 1. The summed E-state index contributed by atoms with van der Waals surface area (Å²) in [6, 6.07) is 13.2. The molecule has 1 aromatic heterocycles. The molecular weight excluding hydrogens is 419 g/mol. The number of fused-ring (bicyclic) bond motifs is 3. The number of amides is 1. The van der Waals surface area contributed by atoms with Crippen molar-refractivity contribution < 1.29 is 14.3 Å². The maximum absolute atomic E-state index is 13.1. The van der Waals surface area contributed by atoms with Crippen LogP contribution in [0.15, 0.2) is 58.8 Å². The molecule has 0 radical (unpaired) electrons. The molecule has 5 rings (SSSR count). The molecule has 33 heavy (non-hydrogen) atoms. The van der Waals surface area contributed by atoms with Gasteiger partial charge in [-0.3, -0.25) is 14.3 Å². The van der Waals surface area contributed by atoms with Gasteiger partial charge in [-0.15, -0.1) is 10.2 Å². The minimum Gasteiger partial charge on any atom is -0.493 e. The van der Waals surface area contributed by atoms with Crippen molar-refractivity contribution in [2.75, 3.05) is 6.54 Å².